The fraction of sp³-hybridized carbons (Fsp3) is 0.364. The molecule has 8 heteroatoms. The Kier molecular flexibility index (Phi) is 5.77. The summed E-state index contributed by atoms with van der Waals surface area (Å²) in [4.78, 5) is 11.1. The molecule has 0 aromatic heterocycles. The van der Waals surface area contributed by atoms with Gasteiger partial charge in [-0.25, -0.2) is 9.52 Å². The summed E-state index contributed by atoms with van der Waals surface area (Å²) in [7, 11) is -3.95. The van der Waals surface area contributed by atoms with E-state index in [2.05, 4.69) is 25.4 Å². The Morgan fingerprint density at radius 3 is 2.47 bits per heavy atom. The summed E-state index contributed by atoms with van der Waals surface area (Å²) in [5.74, 6) is 0. The van der Waals surface area contributed by atoms with E-state index in [1.807, 2.05) is 0 Å². The van der Waals surface area contributed by atoms with Crippen LogP contribution in [0.1, 0.15) is 25.5 Å². The minimum Gasteiger partial charge on any atom is -0.449 e. The Labute approximate surface area is 120 Å². The highest BCUT2D eigenvalue weighted by Crippen LogP contribution is 2.16. The van der Waals surface area contributed by atoms with Gasteiger partial charge in [0.05, 0.1) is 6.61 Å². The van der Waals surface area contributed by atoms with Gasteiger partial charge in [0.2, 0.25) is 0 Å². The van der Waals surface area contributed by atoms with Crippen LogP contribution in [0.5, 0.6) is 0 Å². The lowest BCUT2D eigenvalue weighted by Gasteiger charge is -2.15. The monoisotopic (exact) mass is 350 g/mol. The van der Waals surface area contributed by atoms with Gasteiger partial charge in [0.15, 0.2) is 0 Å². The summed E-state index contributed by atoms with van der Waals surface area (Å²) in [5.41, 5.74) is 0.775. The van der Waals surface area contributed by atoms with E-state index in [1.54, 1.807) is 42.8 Å². The standard InChI is InChI=1S/C11H15BrN2O4S/c1-3-18-11(15)14-19(16,17)13-8(2)9-4-6-10(12)7-5-9/h4-8,13H,3H2,1-2H3,(H,14,15). The first kappa shape index (κ1) is 15.9. The van der Waals surface area contributed by atoms with Crippen molar-refractivity contribution >= 4 is 32.2 Å². The number of carbonyl (C=O) groups excluding carboxylic acids is 1. The minimum atomic E-state index is -3.95. The van der Waals surface area contributed by atoms with Gasteiger partial charge < -0.3 is 4.74 Å². The maximum Gasteiger partial charge on any atom is 0.421 e. The molecular weight excluding hydrogens is 336 g/mol. The molecule has 1 rings (SSSR count). The number of benzene rings is 1. The number of halogens is 1. The predicted octanol–water partition coefficient (Wildman–Crippen LogP) is 2.09. The molecule has 2 N–H and O–H groups in total. The molecule has 0 saturated heterocycles. The molecule has 0 heterocycles. The van der Waals surface area contributed by atoms with Crippen LogP contribution >= 0.6 is 15.9 Å². The summed E-state index contributed by atoms with van der Waals surface area (Å²) in [6, 6.07) is 6.70. The largest absolute Gasteiger partial charge is 0.449 e. The normalized spacial score (nSPS) is 12.8. The van der Waals surface area contributed by atoms with Crippen LogP contribution in [0.2, 0.25) is 0 Å². The molecule has 0 bridgehead atoms. The fourth-order valence-electron chi connectivity index (χ4n) is 1.35. The average molecular weight is 351 g/mol. The highest BCUT2D eigenvalue weighted by Gasteiger charge is 2.18. The Morgan fingerprint density at radius 1 is 1.37 bits per heavy atom. The van der Waals surface area contributed by atoms with Crippen LogP contribution < -0.4 is 9.44 Å². The molecule has 0 spiro atoms. The van der Waals surface area contributed by atoms with E-state index in [-0.39, 0.29) is 6.61 Å². The third-order valence-electron chi connectivity index (χ3n) is 2.20. The molecule has 0 radical (unpaired) electrons. The van der Waals surface area contributed by atoms with E-state index in [0.717, 1.165) is 10.0 Å². The second kappa shape index (κ2) is 6.88. The number of rotatable bonds is 5. The SMILES string of the molecule is CCOC(=O)NS(=O)(=O)NC(C)c1ccc(Br)cc1. The summed E-state index contributed by atoms with van der Waals surface area (Å²) in [6.45, 7) is 3.36. The van der Waals surface area contributed by atoms with Crippen LogP contribution in [0.15, 0.2) is 28.7 Å². The zero-order valence-corrected chi connectivity index (χ0v) is 12.9. The van der Waals surface area contributed by atoms with Gasteiger partial charge in [-0.2, -0.15) is 13.1 Å². The Bertz CT molecular complexity index is 530. The van der Waals surface area contributed by atoms with Gasteiger partial charge in [-0.1, -0.05) is 28.1 Å². The average Bonchev–Trinajstić information content (AvgIpc) is 2.28. The van der Waals surface area contributed by atoms with E-state index in [1.165, 1.54) is 0 Å². The van der Waals surface area contributed by atoms with Crippen LogP contribution in [0.25, 0.3) is 0 Å². The molecule has 0 aliphatic carbocycles. The topological polar surface area (TPSA) is 84.5 Å². The number of ether oxygens (including phenoxy) is 1. The third kappa shape index (κ3) is 5.58. The smallest absolute Gasteiger partial charge is 0.421 e. The summed E-state index contributed by atoms with van der Waals surface area (Å²) in [5, 5.41) is 0. The highest BCUT2D eigenvalue weighted by atomic mass is 79.9. The molecule has 1 amide bonds. The lowest BCUT2D eigenvalue weighted by Crippen LogP contribution is -2.41. The van der Waals surface area contributed by atoms with Crippen molar-refractivity contribution in [3.8, 4) is 0 Å². The lowest BCUT2D eigenvalue weighted by atomic mass is 10.1. The molecule has 19 heavy (non-hydrogen) atoms. The fourth-order valence-corrected chi connectivity index (χ4v) is 2.56. The number of hydrogen-bond donors (Lipinski definition) is 2. The van der Waals surface area contributed by atoms with Gasteiger partial charge in [0, 0.05) is 10.5 Å². The van der Waals surface area contributed by atoms with Crippen molar-refractivity contribution in [3.63, 3.8) is 0 Å². The summed E-state index contributed by atoms with van der Waals surface area (Å²) >= 11 is 3.29. The van der Waals surface area contributed by atoms with Crippen molar-refractivity contribution in [2.45, 2.75) is 19.9 Å². The number of carbonyl (C=O) groups is 1. The maximum absolute atomic E-state index is 11.6. The Morgan fingerprint density at radius 2 is 1.95 bits per heavy atom. The second-order valence-corrected chi connectivity index (χ2v) is 6.08. The molecule has 0 fully saturated rings. The molecule has 1 unspecified atom stereocenters. The van der Waals surface area contributed by atoms with Crippen molar-refractivity contribution in [1.29, 1.82) is 0 Å². The Balaban J connectivity index is 2.67. The van der Waals surface area contributed by atoms with Gasteiger partial charge in [-0.3, -0.25) is 0 Å². The molecule has 0 aliphatic rings. The molecular formula is C11H15BrN2O4S. The van der Waals surface area contributed by atoms with Crippen molar-refractivity contribution in [1.82, 2.24) is 9.44 Å². The van der Waals surface area contributed by atoms with Crippen LogP contribution in [0.4, 0.5) is 4.79 Å². The molecule has 1 aromatic rings. The molecule has 0 aliphatic heterocycles. The summed E-state index contributed by atoms with van der Waals surface area (Å²) < 4.78 is 32.8. The van der Waals surface area contributed by atoms with E-state index in [9.17, 15) is 13.2 Å². The van der Waals surface area contributed by atoms with E-state index < -0.39 is 22.3 Å². The van der Waals surface area contributed by atoms with Crippen LogP contribution in [0, 0.1) is 0 Å². The first-order valence-corrected chi connectivity index (χ1v) is 7.84. The van der Waals surface area contributed by atoms with Gasteiger partial charge in [-0.05, 0) is 31.5 Å². The Hall–Kier alpha value is -1.12. The van der Waals surface area contributed by atoms with Crippen LogP contribution in [-0.4, -0.2) is 21.1 Å². The predicted molar refractivity (Wildman–Crippen MR) is 74.8 cm³/mol. The van der Waals surface area contributed by atoms with Gasteiger partial charge in [0.25, 0.3) is 0 Å². The first-order valence-electron chi connectivity index (χ1n) is 5.56. The van der Waals surface area contributed by atoms with Gasteiger partial charge in [0.1, 0.15) is 0 Å². The minimum absolute atomic E-state index is 0.101. The van der Waals surface area contributed by atoms with Gasteiger partial charge in [-0.15, -0.1) is 0 Å². The van der Waals surface area contributed by atoms with E-state index >= 15 is 0 Å². The van der Waals surface area contributed by atoms with Crippen molar-refractivity contribution in [2.24, 2.45) is 0 Å². The number of nitrogens with one attached hydrogen (secondary N) is 2. The van der Waals surface area contributed by atoms with Crippen LogP contribution in [-0.2, 0) is 14.9 Å². The van der Waals surface area contributed by atoms with E-state index in [4.69, 9.17) is 0 Å². The zero-order valence-electron chi connectivity index (χ0n) is 10.5. The number of hydrogen-bond acceptors (Lipinski definition) is 4. The van der Waals surface area contributed by atoms with Gasteiger partial charge >= 0.3 is 16.3 Å². The molecule has 6 nitrogen and oxygen atoms in total. The van der Waals surface area contributed by atoms with Crippen molar-refractivity contribution in [2.75, 3.05) is 6.61 Å². The highest BCUT2D eigenvalue weighted by molar-refractivity contribution is 9.10. The molecule has 1 atom stereocenters. The van der Waals surface area contributed by atoms with Crippen molar-refractivity contribution in [3.05, 3.63) is 34.3 Å². The second-order valence-electron chi connectivity index (χ2n) is 3.72. The summed E-state index contributed by atoms with van der Waals surface area (Å²) in [6.07, 6.45) is -1.00. The maximum atomic E-state index is 11.6. The van der Waals surface area contributed by atoms with E-state index in [0.29, 0.717) is 0 Å². The molecule has 0 saturated carbocycles. The molecule has 106 valence electrons. The van der Waals surface area contributed by atoms with Crippen LogP contribution in [0.3, 0.4) is 0 Å². The number of amides is 1. The first-order chi connectivity index (χ1) is 8.84. The third-order valence-corrected chi connectivity index (χ3v) is 3.82. The van der Waals surface area contributed by atoms with Crippen molar-refractivity contribution < 1.29 is 17.9 Å². The lowest BCUT2D eigenvalue weighted by molar-refractivity contribution is 0.158. The molecule has 1 aromatic carbocycles. The quantitative estimate of drug-likeness (QED) is 0.851. The zero-order chi connectivity index (χ0) is 14.5.